The third-order valence-corrected chi connectivity index (χ3v) is 1.98. The first-order valence-electron chi connectivity index (χ1n) is 4.78. The number of nitrogens with one attached hydrogen (secondary N) is 1. The maximum Gasteiger partial charge on any atom is 0.338 e. The van der Waals surface area contributed by atoms with Crippen LogP contribution in [0.25, 0.3) is 0 Å². The van der Waals surface area contributed by atoms with Gasteiger partial charge in [-0.15, -0.1) is 0 Å². The first kappa shape index (κ1) is 13.9. The van der Waals surface area contributed by atoms with Gasteiger partial charge in [-0.3, -0.25) is 5.43 Å². The number of benzene rings is 1. The highest BCUT2D eigenvalue weighted by atomic mass is 19.1. The van der Waals surface area contributed by atoms with E-state index in [1.54, 1.807) is 0 Å². The van der Waals surface area contributed by atoms with Crippen LogP contribution in [0.1, 0.15) is 10.4 Å². The summed E-state index contributed by atoms with van der Waals surface area (Å²) in [6.07, 6.45) is 0. The largest absolute Gasteiger partial charge is 0.503 e. The number of nitrogens with zero attached hydrogens (tertiary/aromatic N) is 3. The summed E-state index contributed by atoms with van der Waals surface area (Å²) in [5.41, 5.74) is 1.16. The molecule has 7 nitrogen and oxygen atoms in total. The number of anilines is 1. The molecule has 0 heterocycles. The molecule has 1 aromatic rings. The molecule has 0 atom stereocenters. The molecular weight excluding hydrogens is 255 g/mol. The van der Waals surface area contributed by atoms with E-state index in [4.69, 9.17) is 10.5 Å². The van der Waals surface area contributed by atoms with Crippen molar-refractivity contribution in [1.82, 2.24) is 0 Å². The average molecular weight is 262 g/mol. The van der Waals surface area contributed by atoms with Crippen molar-refractivity contribution in [3.8, 4) is 17.9 Å². The number of carbonyl (C=O) groups is 1. The molecule has 8 heteroatoms. The van der Waals surface area contributed by atoms with E-state index in [1.807, 2.05) is 0 Å². The molecule has 0 aliphatic carbocycles. The van der Waals surface area contributed by atoms with Crippen LogP contribution in [-0.2, 0) is 4.74 Å². The van der Waals surface area contributed by atoms with Crippen molar-refractivity contribution in [2.24, 2.45) is 5.10 Å². The van der Waals surface area contributed by atoms with E-state index in [-0.39, 0.29) is 11.3 Å². The van der Waals surface area contributed by atoms with Crippen molar-refractivity contribution in [1.29, 1.82) is 10.5 Å². The lowest BCUT2D eigenvalue weighted by Gasteiger charge is -2.07. The second-order valence-electron chi connectivity index (χ2n) is 3.14. The highest BCUT2D eigenvalue weighted by molar-refractivity contribution is 6.10. The number of aromatic hydroxyl groups is 1. The van der Waals surface area contributed by atoms with E-state index in [2.05, 4.69) is 15.3 Å². The summed E-state index contributed by atoms with van der Waals surface area (Å²) in [5, 5.41) is 29.6. The Morgan fingerprint density at radius 1 is 1.47 bits per heavy atom. The zero-order valence-electron chi connectivity index (χ0n) is 9.64. The number of esters is 1. The lowest BCUT2D eigenvalue weighted by molar-refractivity contribution is 0.0600. The first-order chi connectivity index (χ1) is 9.03. The van der Waals surface area contributed by atoms with Gasteiger partial charge in [-0.1, -0.05) is 0 Å². The van der Waals surface area contributed by atoms with Crippen LogP contribution in [0, 0.1) is 28.5 Å². The number of ether oxygens (including phenoxy) is 1. The molecule has 0 bridgehead atoms. The number of carbonyl (C=O) groups excluding carboxylic acids is 1. The van der Waals surface area contributed by atoms with Crippen molar-refractivity contribution < 1.29 is 19.0 Å². The Morgan fingerprint density at radius 2 is 2.11 bits per heavy atom. The second-order valence-corrected chi connectivity index (χ2v) is 3.14. The predicted octanol–water partition coefficient (Wildman–Crippen LogP) is 1.13. The Morgan fingerprint density at radius 3 is 2.63 bits per heavy atom. The van der Waals surface area contributed by atoms with Crippen LogP contribution in [0.2, 0.25) is 0 Å². The van der Waals surface area contributed by atoms with Gasteiger partial charge < -0.3 is 9.84 Å². The Kier molecular flexibility index (Phi) is 4.39. The smallest absolute Gasteiger partial charge is 0.338 e. The summed E-state index contributed by atoms with van der Waals surface area (Å²) < 4.78 is 17.7. The number of nitriles is 2. The SMILES string of the molecule is COC(=O)c1cc(F)c(O)c(NN=C(C#N)C#N)c1. The molecule has 0 unspecified atom stereocenters. The van der Waals surface area contributed by atoms with Gasteiger partial charge in [-0.2, -0.15) is 15.6 Å². The Bertz CT molecular complexity index is 612. The van der Waals surface area contributed by atoms with Gasteiger partial charge in [0.2, 0.25) is 5.71 Å². The van der Waals surface area contributed by atoms with Gasteiger partial charge in [0.15, 0.2) is 11.6 Å². The summed E-state index contributed by atoms with van der Waals surface area (Å²) in [6.45, 7) is 0. The number of rotatable bonds is 3. The van der Waals surface area contributed by atoms with Crippen molar-refractivity contribution >= 4 is 17.4 Å². The normalized spacial score (nSPS) is 8.84. The first-order valence-corrected chi connectivity index (χ1v) is 4.78. The standard InChI is InChI=1S/C11H7FN4O3/c1-19-11(18)6-2-8(12)10(17)9(3-6)16-15-7(4-13)5-14/h2-3,16-17H,1H3. The monoisotopic (exact) mass is 262 g/mol. The van der Waals surface area contributed by atoms with Crippen LogP contribution in [0.3, 0.4) is 0 Å². The second kappa shape index (κ2) is 5.98. The highest BCUT2D eigenvalue weighted by Gasteiger charge is 2.14. The molecule has 1 rings (SSSR count). The molecule has 0 saturated heterocycles. The molecule has 0 aromatic heterocycles. The van der Waals surface area contributed by atoms with Crippen LogP contribution in [0.15, 0.2) is 17.2 Å². The van der Waals surface area contributed by atoms with Crippen molar-refractivity contribution in [2.75, 3.05) is 12.5 Å². The molecule has 2 N–H and O–H groups in total. The number of phenols is 1. The zero-order valence-corrected chi connectivity index (χ0v) is 9.64. The van der Waals surface area contributed by atoms with Crippen LogP contribution in [-0.4, -0.2) is 23.9 Å². The van der Waals surface area contributed by atoms with Gasteiger partial charge >= 0.3 is 5.97 Å². The van der Waals surface area contributed by atoms with Gasteiger partial charge in [-0.25, -0.2) is 9.18 Å². The van der Waals surface area contributed by atoms with Crippen LogP contribution < -0.4 is 5.43 Å². The van der Waals surface area contributed by atoms with E-state index >= 15 is 0 Å². The summed E-state index contributed by atoms with van der Waals surface area (Å²) in [5.74, 6) is -2.69. The van der Waals surface area contributed by atoms with E-state index in [0.717, 1.165) is 19.2 Å². The minimum Gasteiger partial charge on any atom is -0.503 e. The van der Waals surface area contributed by atoms with Gasteiger partial charge in [0.05, 0.1) is 12.7 Å². The lowest BCUT2D eigenvalue weighted by Crippen LogP contribution is -2.04. The van der Waals surface area contributed by atoms with Crippen molar-refractivity contribution in [3.63, 3.8) is 0 Å². The van der Waals surface area contributed by atoms with E-state index in [1.165, 1.54) is 12.1 Å². The molecule has 0 aliphatic rings. The lowest BCUT2D eigenvalue weighted by atomic mass is 10.2. The minimum absolute atomic E-state index is 0.161. The molecule has 0 saturated carbocycles. The van der Waals surface area contributed by atoms with E-state index in [0.29, 0.717) is 0 Å². The Labute approximate surface area is 107 Å². The molecule has 1 aromatic carbocycles. The van der Waals surface area contributed by atoms with Gasteiger partial charge in [0, 0.05) is 0 Å². The maximum absolute atomic E-state index is 13.3. The van der Waals surface area contributed by atoms with Gasteiger partial charge in [0.25, 0.3) is 0 Å². The van der Waals surface area contributed by atoms with E-state index in [9.17, 15) is 14.3 Å². The van der Waals surface area contributed by atoms with E-state index < -0.39 is 23.2 Å². The minimum atomic E-state index is -1.07. The fraction of sp³-hybridized carbons (Fsp3) is 0.0909. The van der Waals surface area contributed by atoms with Crippen molar-refractivity contribution in [2.45, 2.75) is 0 Å². The van der Waals surface area contributed by atoms with Crippen molar-refractivity contribution in [3.05, 3.63) is 23.5 Å². The average Bonchev–Trinajstić information content (AvgIpc) is 2.43. The highest BCUT2D eigenvalue weighted by Crippen LogP contribution is 2.28. The summed E-state index contributed by atoms with van der Waals surface area (Å²) in [6, 6.07) is 4.78. The quantitative estimate of drug-likeness (QED) is 0.365. The number of hydrogen-bond acceptors (Lipinski definition) is 7. The topological polar surface area (TPSA) is 118 Å². The molecule has 0 radical (unpaired) electrons. The maximum atomic E-state index is 13.3. The van der Waals surface area contributed by atoms with Crippen LogP contribution in [0.4, 0.5) is 10.1 Å². The third kappa shape index (κ3) is 3.17. The Hall–Kier alpha value is -3.13. The predicted molar refractivity (Wildman–Crippen MR) is 61.7 cm³/mol. The van der Waals surface area contributed by atoms with Crippen LogP contribution >= 0.6 is 0 Å². The fourth-order valence-corrected chi connectivity index (χ4v) is 1.11. The zero-order chi connectivity index (χ0) is 14.4. The molecule has 0 fully saturated rings. The van der Waals surface area contributed by atoms with Gasteiger partial charge in [0.1, 0.15) is 17.8 Å². The number of hydrazone groups is 1. The molecule has 0 spiro atoms. The number of halogens is 1. The van der Waals surface area contributed by atoms with Crippen LogP contribution in [0.5, 0.6) is 5.75 Å². The fourth-order valence-electron chi connectivity index (χ4n) is 1.11. The molecule has 19 heavy (non-hydrogen) atoms. The third-order valence-electron chi connectivity index (χ3n) is 1.98. The molecule has 0 amide bonds. The summed E-state index contributed by atoms with van der Waals surface area (Å²) in [7, 11) is 1.11. The molecule has 0 aliphatic heterocycles. The summed E-state index contributed by atoms with van der Waals surface area (Å²) >= 11 is 0. The number of methoxy groups -OCH3 is 1. The Balaban J connectivity index is 3.18. The molecular formula is C11H7FN4O3. The summed E-state index contributed by atoms with van der Waals surface area (Å²) in [4.78, 5) is 11.2. The van der Waals surface area contributed by atoms with Gasteiger partial charge in [-0.05, 0) is 12.1 Å². The number of phenolic OH excluding ortho intramolecular Hbond substituents is 1. The number of hydrogen-bond donors (Lipinski definition) is 2. The molecule has 96 valence electrons.